The van der Waals surface area contributed by atoms with Gasteiger partial charge in [0.1, 0.15) is 4.21 Å². The average Bonchev–Trinajstić information content (AvgIpc) is 3.29. The Bertz CT molecular complexity index is 1270. The van der Waals surface area contributed by atoms with Crippen LogP contribution in [0.2, 0.25) is 0 Å². The number of carbonyl (C=O) groups is 1. The number of hydrogen-bond donors (Lipinski definition) is 1. The molecule has 1 N–H and O–H groups in total. The number of amides is 1. The third kappa shape index (κ3) is 3.93. The highest BCUT2D eigenvalue weighted by molar-refractivity contribution is 7.93. The molecule has 4 rings (SSSR count). The molecule has 0 fully saturated rings. The molecule has 3 heterocycles. The zero-order chi connectivity index (χ0) is 20.6. The van der Waals surface area contributed by atoms with Crippen LogP contribution in [0.25, 0.3) is 10.1 Å². The number of rotatable bonds is 5. The van der Waals surface area contributed by atoms with E-state index in [1.807, 2.05) is 12.1 Å². The van der Waals surface area contributed by atoms with Crippen LogP contribution in [-0.2, 0) is 16.4 Å². The second-order valence-electron chi connectivity index (χ2n) is 6.46. The normalized spacial score (nSPS) is 11.7. The maximum absolute atomic E-state index is 12.8. The second-order valence-corrected chi connectivity index (χ2v) is 10.9. The summed E-state index contributed by atoms with van der Waals surface area (Å²) in [7, 11) is -3.59. The van der Waals surface area contributed by atoms with E-state index in [1.165, 1.54) is 22.7 Å². The van der Waals surface area contributed by atoms with Gasteiger partial charge < -0.3 is 5.32 Å². The quantitative estimate of drug-likeness (QED) is 0.501. The minimum absolute atomic E-state index is 0.168. The monoisotopic (exact) mass is 443 g/mol. The van der Waals surface area contributed by atoms with Crippen LogP contribution in [-0.4, -0.2) is 24.3 Å². The van der Waals surface area contributed by atoms with Crippen molar-refractivity contribution in [1.82, 2.24) is 15.3 Å². The van der Waals surface area contributed by atoms with Gasteiger partial charge in [-0.15, -0.1) is 22.7 Å². The van der Waals surface area contributed by atoms with Crippen LogP contribution in [0.4, 0.5) is 0 Å². The number of carbonyl (C=O) groups excluding carboxylic acids is 1. The van der Waals surface area contributed by atoms with Crippen molar-refractivity contribution in [1.29, 1.82) is 0 Å². The Balaban J connectivity index is 1.47. The van der Waals surface area contributed by atoms with Gasteiger partial charge in [0.25, 0.3) is 5.91 Å². The van der Waals surface area contributed by atoms with Crippen LogP contribution in [0, 0.1) is 13.8 Å². The number of aryl methyl sites for hydroxylation is 2. The van der Waals surface area contributed by atoms with Crippen molar-refractivity contribution in [3.05, 3.63) is 69.9 Å². The fourth-order valence-electron chi connectivity index (χ4n) is 2.92. The van der Waals surface area contributed by atoms with Gasteiger partial charge in [0.05, 0.1) is 25.2 Å². The highest BCUT2D eigenvalue weighted by Crippen LogP contribution is 2.29. The summed E-state index contributed by atoms with van der Waals surface area (Å²) in [5.41, 5.74) is 1.33. The van der Waals surface area contributed by atoms with Crippen LogP contribution in [0.1, 0.15) is 25.9 Å². The summed E-state index contributed by atoms with van der Waals surface area (Å²) in [6.45, 7) is 3.80. The van der Waals surface area contributed by atoms with E-state index in [0.29, 0.717) is 17.1 Å². The number of benzene rings is 1. The molecule has 0 saturated carbocycles. The Morgan fingerprint density at radius 1 is 1.10 bits per heavy atom. The fourth-order valence-corrected chi connectivity index (χ4v) is 6.74. The van der Waals surface area contributed by atoms with Gasteiger partial charge in [-0.1, -0.05) is 12.1 Å². The van der Waals surface area contributed by atoms with Gasteiger partial charge in [-0.2, -0.15) is 0 Å². The molecule has 3 aromatic heterocycles. The third-order valence-electron chi connectivity index (χ3n) is 4.34. The molecule has 148 valence electrons. The number of nitrogens with zero attached hydrogens (tertiary/aromatic N) is 2. The molecular formula is C20H17N3O3S3. The van der Waals surface area contributed by atoms with E-state index in [4.69, 9.17) is 0 Å². The van der Waals surface area contributed by atoms with Crippen molar-refractivity contribution < 1.29 is 13.2 Å². The molecular weight excluding hydrogens is 426 g/mol. The standard InChI is InChI=1S/C20H17N3O3S3/c1-12-20(27-13(2)23-12)29(25,26)16-5-3-14(4-6-16)10-22-19(24)17-9-15-7-8-21-11-18(15)28-17/h3-9,11H,10H2,1-2H3,(H,22,24). The number of nitrogens with one attached hydrogen (secondary N) is 1. The van der Waals surface area contributed by atoms with Gasteiger partial charge in [-0.3, -0.25) is 9.78 Å². The van der Waals surface area contributed by atoms with E-state index < -0.39 is 9.84 Å². The first-order valence-corrected chi connectivity index (χ1v) is 11.9. The summed E-state index contributed by atoms with van der Waals surface area (Å²) < 4.78 is 26.9. The number of fused-ring (bicyclic) bond motifs is 1. The molecule has 4 aromatic rings. The predicted molar refractivity (Wildman–Crippen MR) is 114 cm³/mol. The molecule has 0 bridgehead atoms. The number of pyridine rings is 1. The molecule has 1 aromatic carbocycles. The van der Waals surface area contributed by atoms with Crippen molar-refractivity contribution in [2.24, 2.45) is 0 Å². The van der Waals surface area contributed by atoms with Crippen molar-refractivity contribution in [2.75, 3.05) is 0 Å². The van der Waals surface area contributed by atoms with Gasteiger partial charge in [0.2, 0.25) is 9.84 Å². The lowest BCUT2D eigenvalue weighted by atomic mass is 10.2. The summed E-state index contributed by atoms with van der Waals surface area (Å²) >= 11 is 2.56. The van der Waals surface area contributed by atoms with Crippen molar-refractivity contribution >= 4 is 48.5 Å². The number of thiazole rings is 1. The molecule has 0 aliphatic rings. The van der Waals surface area contributed by atoms with E-state index in [1.54, 1.807) is 50.5 Å². The Morgan fingerprint density at radius 3 is 2.52 bits per heavy atom. The zero-order valence-electron chi connectivity index (χ0n) is 15.7. The topological polar surface area (TPSA) is 89.0 Å². The van der Waals surface area contributed by atoms with Crippen molar-refractivity contribution in [3.63, 3.8) is 0 Å². The second kappa shape index (κ2) is 7.66. The van der Waals surface area contributed by atoms with E-state index in [9.17, 15) is 13.2 Å². The number of aromatic nitrogens is 2. The SMILES string of the molecule is Cc1nc(C)c(S(=O)(=O)c2ccc(CNC(=O)c3cc4ccncc4s3)cc2)s1. The fraction of sp³-hybridized carbons (Fsp3) is 0.150. The lowest BCUT2D eigenvalue weighted by Gasteiger charge is -2.06. The summed E-state index contributed by atoms with van der Waals surface area (Å²) in [6.07, 6.45) is 3.43. The summed E-state index contributed by atoms with van der Waals surface area (Å²) in [4.78, 5) is 21.5. The molecule has 1 amide bonds. The smallest absolute Gasteiger partial charge is 0.261 e. The first-order chi connectivity index (χ1) is 13.8. The van der Waals surface area contributed by atoms with Crippen LogP contribution in [0.5, 0.6) is 0 Å². The minimum Gasteiger partial charge on any atom is -0.347 e. The maximum atomic E-state index is 12.8. The summed E-state index contributed by atoms with van der Waals surface area (Å²) in [5, 5.41) is 4.58. The van der Waals surface area contributed by atoms with Crippen LogP contribution < -0.4 is 5.32 Å². The molecule has 29 heavy (non-hydrogen) atoms. The van der Waals surface area contributed by atoms with E-state index in [-0.39, 0.29) is 15.0 Å². The van der Waals surface area contributed by atoms with E-state index in [2.05, 4.69) is 15.3 Å². The lowest BCUT2D eigenvalue weighted by molar-refractivity contribution is 0.0955. The number of sulfone groups is 1. The van der Waals surface area contributed by atoms with E-state index in [0.717, 1.165) is 20.7 Å². The van der Waals surface area contributed by atoms with Gasteiger partial charge in [-0.25, -0.2) is 13.4 Å². The molecule has 0 aliphatic carbocycles. The van der Waals surface area contributed by atoms with Crippen LogP contribution in [0.15, 0.2) is 57.9 Å². The Labute approximate surface area is 176 Å². The Hall–Kier alpha value is -2.62. The predicted octanol–water partition coefficient (Wildman–Crippen LogP) is 4.13. The molecule has 0 unspecified atom stereocenters. The first kappa shape index (κ1) is 19.7. The third-order valence-corrected chi connectivity index (χ3v) is 8.87. The highest BCUT2D eigenvalue weighted by Gasteiger charge is 2.23. The summed E-state index contributed by atoms with van der Waals surface area (Å²) in [6, 6.07) is 10.3. The van der Waals surface area contributed by atoms with Crippen molar-refractivity contribution in [2.45, 2.75) is 29.5 Å². The molecule has 0 spiro atoms. The molecule has 0 saturated heterocycles. The molecule has 0 atom stereocenters. The van der Waals surface area contributed by atoms with Crippen LogP contribution >= 0.6 is 22.7 Å². The molecule has 0 radical (unpaired) electrons. The Morgan fingerprint density at radius 2 is 1.86 bits per heavy atom. The minimum atomic E-state index is -3.59. The Kier molecular flexibility index (Phi) is 5.20. The maximum Gasteiger partial charge on any atom is 0.261 e. The van der Waals surface area contributed by atoms with Crippen molar-refractivity contribution in [3.8, 4) is 0 Å². The van der Waals surface area contributed by atoms with E-state index >= 15 is 0 Å². The van der Waals surface area contributed by atoms with Gasteiger partial charge in [-0.05, 0) is 49.1 Å². The molecule has 9 heteroatoms. The number of hydrogen-bond acceptors (Lipinski definition) is 7. The molecule has 6 nitrogen and oxygen atoms in total. The van der Waals surface area contributed by atoms with Crippen LogP contribution in [0.3, 0.4) is 0 Å². The average molecular weight is 444 g/mol. The lowest BCUT2D eigenvalue weighted by Crippen LogP contribution is -2.21. The largest absolute Gasteiger partial charge is 0.347 e. The molecule has 0 aliphatic heterocycles. The zero-order valence-corrected chi connectivity index (χ0v) is 18.1. The van der Waals surface area contributed by atoms with Gasteiger partial charge >= 0.3 is 0 Å². The summed E-state index contributed by atoms with van der Waals surface area (Å²) in [5.74, 6) is -0.168. The highest BCUT2D eigenvalue weighted by atomic mass is 32.2. The van der Waals surface area contributed by atoms with Gasteiger partial charge in [0, 0.05) is 18.9 Å². The van der Waals surface area contributed by atoms with Gasteiger partial charge in [0.15, 0.2) is 0 Å². The number of thiophene rings is 1. The first-order valence-electron chi connectivity index (χ1n) is 8.74.